The number of anilines is 3. The highest BCUT2D eigenvalue weighted by Crippen LogP contribution is 2.53. The average Bonchev–Trinajstić information content (AvgIpc) is 3.92. The van der Waals surface area contributed by atoms with Gasteiger partial charge < -0.3 is 30.6 Å². The number of nitrogens with zero attached hydrogens (tertiary/aromatic N) is 5. The van der Waals surface area contributed by atoms with Crippen LogP contribution in [-0.4, -0.2) is 85.2 Å². The summed E-state index contributed by atoms with van der Waals surface area (Å²) in [6.07, 6.45) is 0.870. The molecule has 0 atom stereocenters. The van der Waals surface area contributed by atoms with Gasteiger partial charge in [-0.25, -0.2) is 9.37 Å². The second-order valence-electron chi connectivity index (χ2n) is 14.0. The van der Waals surface area contributed by atoms with Gasteiger partial charge in [0.25, 0.3) is 0 Å². The molecule has 3 aromatic rings. The Morgan fingerprint density at radius 2 is 1.78 bits per heavy atom. The van der Waals surface area contributed by atoms with Gasteiger partial charge >= 0.3 is 6.18 Å². The number of piperidine rings is 2. The summed E-state index contributed by atoms with van der Waals surface area (Å²) >= 11 is 0. The van der Waals surface area contributed by atoms with E-state index in [2.05, 4.69) is 11.5 Å². The molecule has 13 heteroatoms. The largest absolute Gasteiger partial charge is 0.481 e. The number of carbonyl (C=O) groups is 1. The van der Waals surface area contributed by atoms with Gasteiger partial charge in [-0.1, -0.05) is 12.6 Å². The third-order valence-corrected chi connectivity index (χ3v) is 10.6. The summed E-state index contributed by atoms with van der Waals surface area (Å²) in [6.45, 7) is 7.28. The SMILES string of the molecule is C=CC(=O)N1CC2(CCN(c3nc(N4CCC(F)CC4)nc4c(OCC(F)(F)F)c(-c5c(C)ccc(N)c5C=N)c(C5CC5)cc34)CC2)C1. The molecule has 1 aromatic heterocycles. The molecule has 1 spiro atoms. The van der Waals surface area contributed by atoms with E-state index in [-0.39, 0.29) is 28.5 Å². The minimum atomic E-state index is -4.62. The number of carbonyl (C=O) groups excluding carboxylic acids is 1. The highest BCUT2D eigenvalue weighted by atomic mass is 19.4. The van der Waals surface area contributed by atoms with Crippen LogP contribution >= 0.6 is 0 Å². The number of hydrogen-bond acceptors (Lipinski definition) is 8. The number of amides is 1. The number of benzene rings is 2. The van der Waals surface area contributed by atoms with Gasteiger partial charge in [0.1, 0.15) is 17.5 Å². The van der Waals surface area contributed by atoms with Crippen molar-refractivity contribution >= 4 is 40.5 Å². The van der Waals surface area contributed by atoms with Crippen molar-refractivity contribution < 1.29 is 27.1 Å². The normalized spacial score (nSPS) is 19.7. The fourth-order valence-corrected chi connectivity index (χ4v) is 7.72. The fourth-order valence-electron chi connectivity index (χ4n) is 7.72. The number of alkyl halides is 4. The third-order valence-electron chi connectivity index (χ3n) is 10.6. The first-order valence-corrected chi connectivity index (χ1v) is 16.9. The number of likely N-dealkylation sites (tertiary alicyclic amines) is 1. The van der Waals surface area contributed by atoms with E-state index in [4.69, 9.17) is 25.8 Å². The van der Waals surface area contributed by atoms with Crippen molar-refractivity contribution in [2.45, 2.75) is 63.7 Å². The lowest BCUT2D eigenvalue weighted by atomic mass is 9.72. The minimum Gasteiger partial charge on any atom is -0.481 e. The predicted molar refractivity (Wildman–Crippen MR) is 183 cm³/mol. The Kier molecular flexibility index (Phi) is 8.43. The molecule has 3 saturated heterocycles. The third kappa shape index (κ3) is 6.27. The van der Waals surface area contributed by atoms with E-state index in [1.165, 1.54) is 6.08 Å². The lowest BCUT2D eigenvalue weighted by Crippen LogP contribution is -2.61. The van der Waals surface area contributed by atoms with E-state index in [1.807, 2.05) is 17.9 Å². The van der Waals surface area contributed by atoms with Crippen molar-refractivity contribution in [1.29, 1.82) is 5.41 Å². The molecule has 3 N–H and O–H groups in total. The van der Waals surface area contributed by atoms with Crippen LogP contribution in [0.3, 0.4) is 0 Å². The average molecular weight is 680 g/mol. The van der Waals surface area contributed by atoms with Crippen LogP contribution < -0.4 is 20.3 Å². The molecule has 4 heterocycles. The summed E-state index contributed by atoms with van der Waals surface area (Å²) in [6, 6.07) is 5.50. The first-order chi connectivity index (χ1) is 23.4. The molecule has 4 fully saturated rings. The van der Waals surface area contributed by atoms with Crippen molar-refractivity contribution in [2.75, 3.05) is 61.4 Å². The van der Waals surface area contributed by atoms with Crippen molar-refractivity contribution in [3.05, 3.63) is 47.5 Å². The van der Waals surface area contributed by atoms with Crippen LogP contribution in [0.4, 0.5) is 35.0 Å². The Balaban J connectivity index is 1.42. The number of fused-ring (bicyclic) bond motifs is 1. The number of hydrogen-bond donors (Lipinski definition) is 2. The number of nitrogens with two attached hydrogens (primary N) is 1. The first kappa shape index (κ1) is 33.1. The van der Waals surface area contributed by atoms with Gasteiger partial charge in [-0.2, -0.15) is 18.2 Å². The Morgan fingerprint density at radius 3 is 2.39 bits per heavy atom. The molecule has 260 valence electrons. The second kappa shape index (κ2) is 12.5. The zero-order chi connectivity index (χ0) is 34.7. The van der Waals surface area contributed by atoms with Gasteiger partial charge in [0, 0.05) is 73.1 Å². The van der Waals surface area contributed by atoms with Crippen LogP contribution in [0.15, 0.2) is 30.9 Å². The molecule has 1 aliphatic carbocycles. The molecule has 3 aliphatic heterocycles. The number of nitrogens with one attached hydrogen (secondary N) is 1. The van der Waals surface area contributed by atoms with E-state index in [0.29, 0.717) is 91.6 Å². The van der Waals surface area contributed by atoms with E-state index in [9.17, 15) is 22.4 Å². The molecular formula is C36H41F4N7O2. The Hall–Kier alpha value is -4.42. The smallest absolute Gasteiger partial charge is 0.422 e. The molecule has 0 bridgehead atoms. The topological polar surface area (TPSA) is 112 Å². The molecule has 4 aliphatic rings. The number of aromatic nitrogens is 2. The van der Waals surface area contributed by atoms with Gasteiger partial charge in [0.05, 0.1) is 0 Å². The predicted octanol–water partition coefficient (Wildman–Crippen LogP) is 6.56. The number of halogens is 4. The molecule has 9 nitrogen and oxygen atoms in total. The number of aryl methyl sites for hydroxylation is 1. The minimum absolute atomic E-state index is 0.00505. The maximum atomic E-state index is 14.2. The van der Waals surface area contributed by atoms with Gasteiger partial charge in [0.15, 0.2) is 12.4 Å². The lowest BCUT2D eigenvalue weighted by molar-refractivity contribution is -0.153. The molecule has 2 aromatic carbocycles. The van der Waals surface area contributed by atoms with Crippen molar-refractivity contribution in [3.63, 3.8) is 0 Å². The number of ether oxygens (including phenoxy) is 1. The standard InChI is InChI=1S/C36H41F4N7O2/c1-3-28(48)47-18-35(19-47)10-14-45(15-11-35)33-25-16-24(22-5-6-22)30(29-21(2)4-7-27(42)26(29)17-41)32(49-20-36(38,39)40)31(25)43-34(44-33)46-12-8-23(37)9-13-46/h3-4,7,16-17,22-23,41H,1,5-6,8-15,18-20,42H2,2H3. The molecule has 7 rings (SSSR count). The van der Waals surface area contributed by atoms with Crippen molar-refractivity contribution in [3.8, 4) is 16.9 Å². The summed E-state index contributed by atoms with van der Waals surface area (Å²) < 4.78 is 61.8. The zero-order valence-corrected chi connectivity index (χ0v) is 27.6. The van der Waals surface area contributed by atoms with Crippen molar-refractivity contribution in [1.82, 2.24) is 14.9 Å². The second-order valence-corrected chi connectivity index (χ2v) is 14.0. The van der Waals surface area contributed by atoms with Crippen LogP contribution in [0.1, 0.15) is 61.1 Å². The fraction of sp³-hybridized carbons (Fsp3) is 0.500. The van der Waals surface area contributed by atoms with E-state index in [0.717, 1.165) is 43.0 Å². The van der Waals surface area contributed by atoms with E-state index in [1.54, 1.807) is 17.0 Å². The highest BCUT2D eigenvalue weighted by Gasteiger charge is 2.46. The molecule has 0 unspecified atom stereocenters. The van der Waals surface area contributed by atoms with Crippen LogP contribution in [0.25, 0.3) is 22.0 Å². The quantitative estimate of drug-likeness (QED) is 0.120. The molecule has 1 amide bonds. The zero-order valence-electron chi connectivity index (χ0n) is 27.6. The van der Waals surface area contributed by atoms with Crippen LogP contribution in [0.5, 0.6) is 5.75 Å². The van der Waals surface area contributed by atoms with E-state index < -0.39 is 19.0 Å². The van der Waals surface area contributed by atoms with Crippen LogP contribution in [-0.2, 0) is 4.79 Å². The maximum Gasteiger partial charge on any atom is 0.422 e. The number of nitrogen functional groups attached to an aromatic ring is 1. The summed E-state index contributed by atoms with van der Waals surface area (Å²) in [5, 5.41) is 8.82. The first-order valence-electron chi connectivity index (χ1n) is 16.9. The maximum absolute atomic E-state index is 14.2. The lowest BCUT2D eigenvalue weighted by Gasteiger charge is -2.54. The van der Waals surface area contributed by atoms with Gasteiger partial charge in [-0.15, -0.1) is 0 Å². The molecule has 1 saturated carbocycles. The Morgan fingerprint density at radius 1 is 1.08 bits per heavy atom. The van der Waals surface area contributed by atoms with Gasteiger partial charge in [-0.05, 0) is 86.3 Å². The molecule has 49 heavy (non-hydrogen) atoms. The van der Waals surface area contributed by atoms with Crippen LogP contribution in [0.2, 0.25) is 0 Å². The van der Waals surface area contributed by atoms with Crippen molar-refractivity contribution in [2.24, 2.45) is 5.41 Å². The molecule has 0 radical (unpaired) electrons. The van der Waals surface area contributed by atoms with E-state index >= 15 is 0 Å². The summed E-state index contributed by atoms with van der Waals surface area (Å²) in [7, 11) is 0. The number of rotatable bonds is 8. The Labute approximate surface area is 282 Å². The molecular weight excluding hydrogens is 638 g/mol. The Bertz CT molecular complexity index is 1800. The summed E-state index contributed by atoms with van der Waals surface area (Å²) in [4.78, 5) is 28.0. The summed E-state index contributed by atoms with van der Waals surface area (Å²) in [5.74, 6) is 0.922. The van der Waals surface area contributed by atoms with Gasteiger partial charge in [-0.3, -0.25) is 4.79 Å². The van der Waals surface area contributed by atoms with Gasteiger partial charge in [0.2, 0.25) is 11.9 Å². The van der Waals surface area contributed by atoms with Crippen LogP contribution in [0, 0.1) is 17.7 Å². The summed E-state index contributed by atoms with van der Waals surface area (Å²) in [5.41, 5.74) is 9.93. The highest BCUT2D eigenvalue weighted by molar-refractivity contribution is 6.05. The monoisotopic (exact) mass is 679 g/mol.